The van der Waals surface area contributed by atoms with Crippen LogP contribution in [0.4, 0.5) is 11.6 Å². The summed E-state index contributed by atoms with van der Waals surface area (Å²) < 4.78 is 6.10. The number of ether oxygens (including phenoxy) is 1. The van der Waals surface area contributed by atoms with Crippen molar-refractivity contribution in [2.24, 2.45) is 0 Å². The van der Waals surface area contributed by atoms with Gasteiger partial charge in [-0.15, -0.1) is 0 Å². The van der Waals surface area contributed by atoms with E-state index < -0.39 is 4.92 Å². The first kappa shape index (κ1) is 15.5. The van der Waals surface area contributed by atoms with Crippen LogP contribution in [0.1, 0.15) is 5.69 Å². The van der Waals surface area contributed by atoms with Gasteiger partial charge in [0.25, 0.3) is 0 Å². The quantitative estimate of drug-likeness (QED) is 0.645. The minimum Gasteiger partial charge on any atom is -0.432 e. The molecule has 0 aliphatic carbocycles. The standard InChI is InChI=1S/C12H10BrClN4O3/c1-6-10(18(19)20)11(17-12(15-2)16-6)21-9-4-3-7(14)5-8(9)13/h3-5H,1-2H3,(H,15,16,17). The van der Waals surface area contributed by atoms with Gasteiger partial charge in [-0.1, -0.05) is 11.6 Å². The highest BCUT2D eigenvalue weighted by Gasteiger charge is 2.24. The molecule has 0 bridgehead atoms. The molecule has 0 saturated heterocycles. The topological polar surface area (TPSA) is 90.2 Å². The predicted molar refractivity (Wildman–Crippen MR) is 82.2 cm³/mol. The Hall–Kier alpha value is -1.93. The molecule has 0 amide bonds. The van der Waals surface area contributed by atoms with Gasteiger partial charge in [0.05, 0.1) is 9.40 Å². The van der Waals surface area contributed by atoms with Crippen LogP contribution in [0.15, 0.2) is 22.7 Å². The molecular formula is C12H10BrClN4O3. The molecule has 0 saturated carbocycles. The van der Waals surface area contributed by atoms with Crippen molar-refractivity contribution >= 4 is 39.2 Å². The number of nitrogens with one attached hydrogen (secondary N) is 1. The Bertz CT molecular complexity index is 711. The van der Waals surface area contributed by atoms with Crippen LogP contribution in [0.25, 0.3) is 0 Å². The normalized spacial score (nSPS) is 10.3. The molecule has 1 heterocycles. The van der Waals surface area contributed by atoms with Gasteiger partial charge >= 0.3 is 11.6 Å². The molecule has 2 aromatic rings. The van der Waals surface area contributed by atoms with Crippen LogP contribution in [-0.4, -0.2) is 21.9 Å². The summed E-state index contributed by atoms with van der Waals surface area (Å²) in [5.41, 5.74) is -0.0738. The highest BCUT2D eigenvalue weighted by molar-refractivity contribution is 9.10. The molecule has 2 rings (SSSR count). The first-order valence-corrected chi connectivity index (χ1v) is 6.93. The third-order valence-electron chi connectivity index (χ3n) is 2.53. The van der Waals surface area contributed by atoms with Gasteiger partial charge in [-0.2, -0.15) is 4.98 Å². The molecule has 0 fully saturated rings. The van der Waals surface area contributed by atoms with Crippen molar-refractivity contribution in [3.63, 3.8) is 0 Å². The second kappa shape index (κ2) is 6.23. The van der Waals surface area contributed by atoms with Crippen LogP contribution in [0.2, 0.25) is 5.02 Å². The highest BCUT2D eigenvalue weighted by Crippen LogP contribution is 2.36. The maximum Gasteiger partial charge on any atom is 0.352 e. The Kier molecular flexibility index (Phi) is 4.59. The van der Waals surface area contributed by atoms with Gasteiger partial charge in [0.15, 0.2) is 0 Å². The van der Waals surface area contributed by atoms with Gasteiger partial charge in [0.1, 0.15) is 11.4 Å². The molecule has 0 spiro atoms. The molecule has 0 radical (unpaired) electrons. The van der Waals surface area contributed by atoms with Crippen molar-refractivity contribution in [3.05, 3.63) is 43.5 Å². The molecule has 110 valence electrons. The summed E-state index contributed by atoms with van der Waals surface area (Å²) in [7, 11) is 1.61. The van der Waals surface area contributed by atoms with Gasteiger partial charge < -0.3 is 10.1 Å². The second-order valence-corrected chi connectivity index (χ2v) is 5.26. The smallest absolute Gasteiger partial charge is 0.352 e. The van der Waals surface area contributed by atoms with E-state index >= 15 is 0 Å². The fourth-order valence-corrected chi connectivity index (χ4v) is 2.36. The summed E-state index contributed by atoms with van der Waals surface area (Å²) in [5, 5.41) is 14.4. The molecule has 0 atom stereocenters. The Morgan fingerprint density at radius 2 is 2.14 bits per heavy atom. The van der Waals surface area contributed by atoms with Crippen molar-refractivity contribution < 1.29 is 9.66 Å². The molecule has 1 aromatic carbocycles. The lowest BCUT2D eigenvalue weighted by molar-refractivity contribution is -0.386. The number of aryl methyl sites for hydroxylation is 1. The van der Waals surface area contributed by atoms with E-state index in [-0.39, 0.29) is 23.2 Å². The monoisotopic (exact) mass is 372 g/mol. The summed E-state index contributed by atoms with van der Waals surface area (Å²) in [6.45, 7) is 1.52. The van der Waals surface area contributed by atoms with E-state index in [2.05, 4.69) is 31.2 Å². The molecular weight excluding hydrogens is 364 g/mol. The average Bonchev–Trinajstić information content (AvgIpc) is 2.40. The maximum atomic E-state index is 11.2. The Balaban J connectivity index is 2.51. The molecule has 1 aromatic heterocycles. The van der Waals surface area contributed by atoms with Crippen LogP contribution in [0, 0.1) is 17.0 Å². The summed E-state index contributed by atoms with van der Waals surface area (Å²) in [6, 6.07) is 4.82. The fourth-order valence-electron chi connectivity index (χ4n) is 1.60. The summed E-state index contributed by atoms with van der Waals surface area (Å²) >= 11 is 9.13. The largest absolute Gasteiger partial charge is 0.432 e. The number of halogens is 2. The maximum absolute atomic E-state index is 11.2. The van der Waals surface area contributed by atoms with E-state index in [0.29, 0.717) is 15.2 Å². The first-order valence-electron chi connectivity index (χ1n) is 5.76. The number of anilines is 1. The molecule has 21 heavy (non-hydrogen) atoms. The van der Waals surface area contributed by atoms with E-state index in [1.165, 1.54) is 6.92 Å². The Morgan fingerprint density at radius 1 is 1.43 bits per heavy atom. The third-order valence-corrected chi connectivity index (χ3v) is 3.39. The lowest BCUT2D eigenvalue weighted by atomic mass is 10.3. The van der Waals surface area contributed by atoms with E-state index in [4.69, 9.17) is 16.3 Å². The van der Waals surface area contributed by atoms with E-state index in [9.17, 15) is 10.1 Å². The van der Waals surface area contributed by atoms with E-state index in [0.717, 1.165) is 0 Å². The number of nitro groups is 1. The number of hydrogen-bond acceptors (Lipinski definition) is 6. The zero-order chi connectivity index (χ0) is 15.6. The number of hydrogen-bond donors (Lipinski definition) is 1. The molecule has 7 nitrogen and oxygen atoms in total. The lowest BCUT2D eigenvalue weighted by Crippen LogP contribution is -2.05. The lowest BCUT2D eigenvalue weighted by Gasteiger charge is -2.09. The van der Waals surface area contributed by atoms with E-state index in [1.807, 2.05) is 0 Å². The number of aromatic nitrogens is 2. The van der Waals surface area contributed by atoms with Crippen molar-refractivity contribution in [1.29, 1.82) is 0 Å². The summed E-state index contributed by atoms with van der Waals surface area (Å²) in [6.07, 6.45) is 0. The first-order chi connectivity index (χ1) is 9.92. The summed E-state index contributed by atoms with van der Waals surface area (Å²) in [5.74, 6) is 0.459. The average molecular weight is 374 g/mol. The second-order valence-electron chi connectivity index (χ2n) is 3.97. The third kappa shape index (κ3) is 3.40. The van der Waals surface area contributed by atoms with Gasteiger partial charge in [-0.05, 0) is 41.1 Å². The minimum absolute atomic E-state index is 0.139. The fraction of sp³-hybridized carbons (Fsp3) is 0.167. The highest BCUT2D eigenvalue weighted by atomic mass is 79.9. The Morgan fingerprint density at radius 3 is 2.71 bits per heavy atom. The minimum atomic E-state index is -0.575. The van der Waals surface area contributed by atoms with Gasteiger partial charge in [0, 0.05) is 12.1 Å². The van der Waals surface area contributed by atoms with Crippen LogP contribution in [-0.2, 0) is 0 Å². The van der Waals surface area contributed by atoms with Gasteiger partial charge in [-0.3, -0.25) is 10.1 Å². The van der Waals surface area contributed by atoms with Crippen LogP contribution in [0.3, 0.4) is 0 Å². The number of nitrogens with zero attached hydrogens (tertiary/aromatic N) is 3. The van der Waals surface area contributed by atoms with Crippen molar-refractivity contribution in [2.75, 3.05) is 12.4 Å². The zero-order valence-corrected chi connectivity index (χ0v) is 13.4. The number of rotatable bonds is 4. The van der Waals surface area contributed by atoms with Crippen LogP contribution >= 0.6 is 27.5 Å². The molecule has 0 aliphatic rings. The predicted octanol–water partition coefficient (Wildman–Crippen LogP) is 3.94. The number of benzene rings is 1. The molecule has 0 unspecified atom stereocenters. The zero-order valence-electron chi connectivity index (χ0n) is 11.1. The van der Waals surface area contributed by atoms with E-state index in [1.54, 1.807) is 25.2 Å². The Labute approximate surface area is 133 Å². The van der Waals surface area contributed by atoms with Crippen molar-refractivity contribution in [1.82, 2.24) is 9.97 Å². The van der Waals surface area contributed by atoms with Crippen LogP contribution in [0.5, 0.6) is 11.6 Å². The van der Waals surface area contributed by atoms with Gasteiger partial charge in [0.2, 0.25) is 5.95 Å². The van der Waals surface area contributed by atoms with Crippen molar-refractivity contribution in [2.45, 2.75) is 6.92 Å². The van der Waals surface area contributed by atoms with Crippen molar-refractivity contribution in [3.8, 4) is 11.6 Å². The van der Waals surface area contributed by atoms with Gasteiger partial charge in [-0.25, -0.2) is 4.98 Å². The molecule has 0 aliphatic heterocycles. The SMILES string of the molecule is CNc1nc(C)c([N+](=O)[O-])c(Oc2ccc(Cl)cc2Br)n1. The summed E-state index contributed by atoms with van der Waals surface area (Å²) in [4.78, 5) is 18.6. The molecule has 9 heteroatoms. The van der Waals surface area contributed by atoms with Crippen LogP contribution < -0.4 is 10.1 Å². The molecule has 1 N–H and O–H groups in total.